The van der Waals surface area contributed by atoms with Crippen LogP contribution >= 0.6 is 0 Å². The minimum atomic E-state index is -2.91. The van der Waals surface area contributed by atoms with Crippen molar-refractivity contribution < 1.29 is 12.8 Å². The number of rotatable bonds is 4. The Morgan fingerprint density at radius 3 is 2.83 bits per heavy atom. The molecule has 6 nitrogen and oxygen atoms in total. The third-order valence-electron chi connectivity index (χ3n) is 4.24. The number of aryl methyl sites for hydroxylation is 1. The van der Waals surface area contributed by atoms with Crippen molar-refractivity contribution in [2.24, 2.45) is 4.99 Å². The second-order valence-electron chi connectivity index (χ2n) is 6.09. The van der Waals surface area contributed by atoms with Crippen LogP contribution in [0.5, 0.6) is 0 Å². The number of sulfone groups is 1. The van der Waals surface area contributed by atoms with Gasteiger partial charge in [0, 0.05) is 23.5 Å². The van der Waals surface area contributed by atoms with Crippen molar-refractivity contribution >= 4 is 26.8 Å². The lowest BCUT2D eigenvalue weighted by Crippen LogP contribution is -2.44. The van der Waals surface area contributed by atoms with Gasteiger partial charge in [-0.15, -0.1) is 0 Å². The molecule has 2 aromatic rings. The van der Waals surface area contributed by atoms with Gasteiger partial charge < -0.3 is 15.1 Å². The van der Waals surface area contributed by atoms with E-state index in [4.69, 9.17) is 4.42 Å². The minimum absolute atomic E-state index is 0.0791. The lowest BCUT2D eigenvalue weighted by molar-refractivity contribution is 0.546. The fourth-order valence-electron chi connectivity index (χ4n) is 2.95. The Hall–Kier alpha value is -2.02. The first-order chi connectivity index (χ1) is 11.5. The van der Waals surface area contributed by atoms with E-state index in [-0.39, 0.29) is 17.5 Å². The first-order valence-electron chi connectivity index (χ1n) is 8.21. The van der Waals surface area contributed by atoms with Crippen LogP contribution in [0, 0.1) is 6.92 Å². The molecular formula is C17H23N3O3S. The maximum atomic E-state index is 11.6. The first kappa shape index (κ1) is 16.8. The molecule has 2 N–H and O–H groups in total. The van der Waals surface area contributed by atoms with Gasteiger partial charge in [-0.3, -0.25) is 0 Å². The number of fused-ring (bicyclic) bond motifs is 1. The summed E-state index contributed by atoms with van der Waals surface area (Å²) in [5, 5.41) is 7.48. The molecule has 1 atom stereocenters. The number of guanidine groups is 1. The van der Waals surface area contributed by atoms with E-state index in [0.29, 0.717) is 25.5 Å². The number of para-hydroxylation sites is 1. The lowest BCUT2D eigenvalue weighted by atomic mass is 10.1. The molecule has 1 aliphatic rings. The Morgan fingerprint density at radius 2 is 2.17 bits per heavy atom. The van der Waals surface area contributed by atoms with Gasteiger partial charge in [-0.05, 0) is 26.3 Å². The van der Waals surface area contributed by atoms with Crippen LogP contribution in [0.15, 0.2) is 33.7 Å². The second-order valence-corrected chi connectivity index (χ2v) is 8.31. The van der Waals surface area contributed by atoms with E-state index in [1.807, 2.05) is 38.1 Å². The van der Waals surface area contributed by atoms with Crippen molar-refractivity contribution in [3.05, 3.63) is 35.6 Å². The second kappa shape index (κ2) is 6.84. The summed E-state index contributed by atoms with van der Waals surface area (Å²) in [6.07, 6.45) is 0.621. The van der Waals surface area contributed by atoms with Crippen molar-refractivity contribution in [3.8, 4) is 0 Å². The molecule has 2 heterocycles. The summed E-state index contributed by atoms with van der Waals surface area (Å²) in [5.41, 5.74) is 1.95. The van der Waals surface area contributed by atoms with Gasteiger partial charge in [-0.25, -0.2) is 13.4 Å². The topological polar surface area (TPSA) is 83.7 Å². The smallest absolute Gasteiger partial charge is 0.191 e. The van der Waals surface area contributed by atoms with Gasteiger partial charge in [0.1, 0.15) is 17.9 Å². The molecule has 1 saturated heterocycles. The largest absolute Gasteiger partial charge is 0.459 e. The maximum Gasteiger partial charge on any atom is 0.191 e. The molecule has 0 amide bonds. The number of nitrogens with zero attached hydrogens (tertiary/aromatic N) is 1. The predicted octanol–water partition coefficient (Wildman–Crippen LogP) is 1.98. The molecule has 24 heavy (non-hydrogen) atoms. The van der Waals surface area contributed by atoms with E-state index in [0.717, 1.165) is 22.3 Å². The highest BCUT2D eigenvalue weighted by molar-refractivity contribution is 7.91. The Labute approximate surface area is 142 Å². The quantitative estimate of drug-likeness (QED) is 0.651. The van der Waals surface area contributed by atoms with Gasteiger partial charge in [0.25, 0.3) is 0 Å². The zero-order chi connectivity index (χ0) is 17.2. The van der Waals surface area contributed by atoms with Gasteiger partial charge in [0.05, 0.1) is 11.5 Å². The zero-order valence-corrected chi connectivity index (χ0v) is 14.8. The Morgan fingerprint density at radius 1 is 1.38 bits per heavy atom. The van der Waals surface area contributed by atoms with Crippen molar-refractivity contribution in [1.82, 2.24) is 10.6 Å². The van der Waals surface area contributed by atoms with Crippen LogP contribution in [-0.2, 0) is 16.4 Å². The third kappa shape index (κ3) is 3.72. The molecule has 0 saturated carbocycles. The molecule has 0 spiro atoms. The average Bonchev–Trinajstić information content (AvgIpc) is 3.05. The molecule has 1 fully saturated rings. The SMILES string of the molecule is CCNC(=NCc1oc2ccccc2c1C)NC1CCS(=O)(=O)C1. The summed E-state index contributed by atoms with van der Waals surface area (Å²) in [5.74, 6) is 1.86. The van der Waals surface area contributed by atoms with Crippen molar-refractivity contribution in [2.75, 3.05) is 18.1 Å². The summed E-state index contributed by atoms with van der Waals surface area (Å²) < 4.78 is 29.0. The minimum Gasteiger partial charge on any atom is -0.459 e. The van der Waals surface area contributed by atoms with Gasteiger partial charge >= 0.3 is 0 Å². The van der Waals surface area contributed by atoms with Gasteiger partial charge in [0.2, 0.25) is 0 Å². The molecule has 1 aliphatic heterocycles. The van der Waals surface area contributed by atoms with Gasteiger partial charge in [0.15, 0.2) is 15.8 Å². The summed E-state index contributed by atoms with van der Waals surface area (Å²) >= 11 is 0. The standard InChI is InChI=1S/C17H23N3O3S/c1-3-18-17(20-13-8-9-24(21,22)11-13)19-10-16-12(2)14-6-4-5-7-15(14)23-16/h4-7,13H,3,8-11H2,1-2H3,(H2,18,19,20). The van der Waals surface area contributed by atoms with E-state index >= 15 is 0 Å². The molecule has 0 aliphatic carbocycles. The molecule has 1 unspecified atom stereocenters. The fourth-order valence-corrected chi connectivity index (χ4v) is 4.62. The molecule has 0 bridgehead atoms. The van der Waals surface area contributed by atoms with Crippen LogP contribution in [-0.4, -0.2) is 38.5 Å². The maximum absolute atomic E-state index is 11.6. The number of aliphatic imine (C=N–C) groups is 1. The molecule has 7 heteroatoms. The Balaban J connectivity index is 1.74. The van der Waals surface area contributed by atoms with Gasteiger partial charge in [-0.1, -0.05) is 18.2 Å². The number of hydrogen-bond donors (Lipinski definition) is 2. The van der Waals surface area contributed by atoms with Crippen LogP contribution in [0.25, 0.3) is 11.0 Å². The molecule has 1 aromatic carbocycles. The van der Waals surface area contributed by atoms with Crippen molar-refractivity contribution in [2.45, 2.75) is 32.9 Å². The van der Waals surface area contributed by atoms with E-state index in [1.165, 1.54) is 0 Å². The highest BCUT2D eigenvalue weighted by atomic mass is 32.2. The average molecular weight is 349 g/mol. The third-order valence-corrected chi connectivity index (χ3v) is 6.01. The zero-order valence-electron chi connectivity index (χ0n) is 14.0. The normalized spacial score (nSPS) is 20.4. The molecule has 130 valence electrons. The van der Waals surface area contributed by atoms with E-state index in [2.05, 4.69) is 15.6 Å². The fraction of sp³-hybridized carbons (Fsp3) is 0.471. The first-order valence-corrected chi connectivity index (χ1v) is 10.0. The van der Waals surface area contributed by atoms with Crippen molar-refractivity contribution in [1.29, 1.82) is 0 Å². The highest BCUT2D eigenvalue weighted by Crippen LogP contribution is 2.25. The van der Waals surface area contributed by atoms with Crippen LogP contribution in [0.4, 0.5) is 0 Å². The van der Waals surface area contributed by atoms with Gasteiger partial charge in [-0.2, -0.15) is 0 Å². The number of hydrogen-bond acceptors (Lipinski definition) is 4. The van der Waals surface area contributed by atoms with E-state index in [1.54, 1.807) is 0 Å². The summed E-state index contributed by atoms with van der Waals surface area (Å²) in [6.45, 7) is 5.13. The molecule has 1 aromatic heterocycles. The van der Waals surface area contributed by atoms with Crippen LogP contribution in [0.2, 0.25) is 0 Å². The van der Waals surface area contributed by atoms with Crippen LogP contribution < -0.4 is 10.6 Å². The monoisotopic (exact) mass is 349 g/mol. The summed E-state index contributed by atoms with van der Waals surface area (Å²) in [7, 11) is -2.91. The molecule has 0 radical (unpaired) electrons. The Bertz CT molecular complexity index is 855. The predicted molar refractivity (Wildman–Crippen MR) is 96.0 cm³/mol. The number of benzene rings is 1. The van der Waals surface area contributed by atoms with Crippen LogP contribution in [0.3, 0.4) is 0 Å². The molecular weight excluding hydrogens is 326 g/mol. The van der Waals surface area contributed by atoms with Crippen molar-refractivity contribution in [3.63, 3.8) is 0 Å². The van der Waals surface area contributed by atoms with E-state index in [9.17, 15) is 8.42 Å². The number of nitrogens with one attached hydrogen (secondary N) is 2. The highest BCUT2D eigenvalue weighted by Gasteiger charge is 2.28. The number of furan rings is 1. The Kier molecular flexibility index (Phi) is 4.80. The molecule has 3 rings (SSSR count). The summed E-state index contributed by atoms with van der Waals surface area (Å²) in [4.78, 5) is 4.56. The van der Waals surface area contributed by atoms with Crippen LogP contribution in [0.1, 0.15) is 24.7 Å². The summed E-state index contributed by atoms with van der Waals surface area (Å²) in [6, 6.07) is 7.84. The lowest BCUT2D eigenvalue weighted by Gasteiger charge is -2.15. The van der Waals surface area contributed by atoms with E-state index < -0.39 is 9.84 Å².